The van der Waals surface area contributed by atoms with Crippen LogP contribution in [0.15, 0.2) is 0 Å². The Morgan fingerprint density at radius 1 is 1.28 bits per heavy atom. The minimum absolute atomic E-state index is 0.0706. The number of hydrogen-bond acceptors (Lipinski definition) is 5. The summed E-state index contributed by atoms with van der Waals surface area (Å²) in [5.41, 5.74) is -0.640. The Kier molecular flexibility index (Phi) is 6.68. The van der Waals surface area contributed by atoms with Gasteiger partial charge in [-0.2, -0.15) is 0 Å². The highest BCUT2D eigenvalue weighted by Crippen LogP contribution is 2.13. The number of carbonyl (C=O) groups is 2. The first-order valence-electron chi connectivity index (χ1n) is 5.89. The maximum Gasteiger partial charge on any atom is 0.410 e. The van der Waals surface area contributed by atoms with Crippen molar-refractivity contribution in [1.82, 2.24) is 4.90 Å². The highest BCUT2D eigenvalue weighted by Gasteiger charge is 2.28. The zero-order valence-corrected chi connectivity index (χ0v) is 11.7. The van der Waals surface area contributed by atoms with Crippen molar-refractivity contribution in [3.8, 4) is 0 Å². The molecule has 0 aliphatic carbocycles. The van der Waals surface area contributed by atoms with Gasteiger partial charge in [0.05, 0.1) is 0 Å². The molecule has 0 saturated heterocycles. The SMILES string of the molecule is CN(C)C(=O)O[C@@H](CCCO)C(=O)OC(C)(C)C. The van der Waals surface area contributed by atoms with Crippen LogP contribution in [0.5, 0.6) is 0 Å². The van der Waals surface area contributed by atoms with Crippen molar-refractivity contribution in [2.24, 2.45) is 0 Å². The average Bonchev–Trinajstić information content (AvgIpc) is 2.20. The third kappa shape index (κ3) is 7.11. The van der Waals surface area contributed by atoms with Gasteiger partial charge in [-0.1, -0.05) is 0 Å². The highest BCUT2D eigenvalue weighted by molar-refractivity contribution is 5.79. The summed E-state index contributed by atoms with van der Waals surface area (Å²) >= 11 is 0. The van der Waals surface area contributed by atoms with E-state index in [4.69, 9.17) is 14.6 Å². The quantitative estimate of drug-likeness (QED) is 0.752. The van der Waals surface area contributed by atoms with Gasteiger partial charge in [0.25, 0.3) is 0 Å². The molecule has 1 atom stereocenters. The van der Waals surface area contributed by atoms with Crippen LogP contribution in [0.2, 0.25) is 0 Å². The maximum atomic E-state index is 11.8. The number of ether oxygens (including phenoxy) is 2. The van der Waals surface area contributed by atoms with E-state index in [1.54, 1.807) is 20.8 Å². The van der Waals surface area contributed by atoms with Gasteiger partial charge >= 0.3 is 12.1 Å². The first-order valence-corrected chi connectivity index (χ1v) is 5.89. The predicted octanol–water partition coefficient (Wildman–Crippen LogP) is 1.17. The summed E-state index contributed by atoms with van der Waals surface area (Å²) in [6, 6.07) is 0. The summed E-state index contributed by atoms with van der Waals surface area (Å²) in [5, 5.41) is 8.77. The Morgan fingerprint density at radius 3 is 2.22 bits per heavy atom. The molecule has 0 aliphatic heterocycles. The fourth-order valence-electron chi connectivity index (χ4n) is 1.10. The van der Waals surface area contributed by atoms with Crippen molar-refractivity contribution in [3.05, 3.63) is 0 Å². The lowest BCUT2D eigenvalue weighted by molar-refractivity contribution is -0.166. The van der Waals surface area contributed by atoms with Crippen molar-refractivity contribution >= 4 is 12.1 Å². The van der Waals surface area contributed by atoms with Crippen LogP contribution in [-0.2, 0) is 14.3 Å². The summed E-state index contributed by atoms with van der Waals surface area (Å²) in [5.74, 6) is -0.592. The van der Waals surface area contributed by atoms with Crippen LogP contribution in [0.1, 0.15) is 33.6 Å². The fraction of sp³-hybridized carbons (Fsp3) is 0.833. The van der Waals surface area contributed by atoms with E-state index in [1.807, 2.05) is 0 Å². The standard InChI is InChI=1S/C12H23NO5/c1-12(2,3)18-10(15)9(7-6-8-14)17-11(16)13(4)5/h9,14H,6-8H2,1-5H3/t9-/m0/s1. The topological polar surface area (TPSA) is 76.1 Å². The van der Waals surface area contributed by atoms with Crippen LogP contribution in [0, 0.1) is 0 Å². The summed E-state index contributed by atoms with van der Waals surface area (Å²) in [4.78, 5) is 24.5. The second-order valence-electron chi connectivity index (χ2n) is 5.17. The van der Waals surface area contributed by atoms with E-state index in [1.165, 1.54) is 19.0 Å². The minimum Gasteiger partial charge on any atom is -0.457 e. The number of amides is 1. The normalized spacial score (nSPS) is 12.8. The highest BCUT2D eigenvalue weighted by atomic mass is 16.6. The van der Waals surface area contributed by atoms with Gasteiger partial charge in [0, 0.05) is 20.7 Å². The molecule has 106 valence electrons. The van der Waals surface area contributed by atoms with E-state index in [9.17, 15) is 9.59 Å². The lowest BCUT2D eigenvalue weighted by atomic mass is 10.1. The van der Waals surface area contributed by atoms with E-state index in [0.717, 1.165) is 0 Å². The molecule has 6 nitrogen and oxygen atoms in total. The number of esters is 1. The molecular weight excluding hydrogens is 238 g/mol. The molecule has 18 heavy (non-hydrogen) atoms. The summed E-state index contributed by atoms with van der Waals surface area (Å²) in [6.45, 7) is 5.14. The van der Waals surface area contributed by atoms with E-state index >= 15 is 0 Å². The van der Waals surface area contributed by atoms with Crippen molar-refractivity contribution in [3.63, 3.8) is 0 Å². The number of hydrogen-bond donors (Lipinski definition) is 1. The smallest absolute Gasteiger partial charge is 0.410 e. The Hall–Kier alpha value is -1.30. The third-order valence-electron chi connectivity index (χ3n) is 1.90. The Balaban J connectivity index is 4.56. The number of aliphatic hydroxyl groups excluding tert-OH is 1. The number of aliphatic hydroxyl groups is 1. The second kappa shape index (κ2) is 7.20. The summed E-state index contributed by atoms with van der Waals surface area (Å²) < 4.78 is 10.2. The molecule has 0 saturated carbocycles. The summed E-state index contributed by atoms with van der Waals surface area (Å²) in [7, 11) is 3.06. The molecule has 0 heterocycles. The molecule has 1 amide bonds. The molecule has 0 aliphatic rings. The van der Waals surface area contributed by atoms with Crippen LogP contribution in [-0.4, -0.2) is 54.5 Å². The molecule has 6 heteroatoms. The largest absolute Gasteiger partial charge is 0.457 e. The Bertz CT molecular complexity index is 283. The lowest BCUT2D eigenvalue weighted by Gasteiger charge is -2.24. The van der Waals surface area contributed by atoms with Crippen molar-refractivity contribution in [2.75, 3.05) is 20.7 Å². The van der Waals surface area contributed by atoms with Gasteiger partial charge in [0.2, 0.25) is 6.10 Å². The number of rotatable bonds is 5. The van der Waals surface area contributed by atoms with E-state index in [-0.39, 0.29) is 13.0 Å². The number of nitrogens with zero attached hydrogens (tertiary/aromatic N) is 1. The molecule has 0 unspecified atom stereocenters. The van der Waals surface area contributed by atoms with Gasteiger partial charge < -0.3 is 19.5 Å². The number of carbonyl (C=O) groups excluding carboxylic acids is 2. The Morgan fingerprint density at radius 2 is 1.83 bits per heavy atom. The minimum atomic E-state index is -0.980. The zero-order valence-electron chi connectivity index (χ0n) is 11.7. The van der Waals surface area contributed by atoms with Gasteiger partial charge in [-0.3, -0.25) is 0 Å². The molecule has 0 rings (SSSR count). The van der Waals surface area contributed by atoms with Gasteiger partial charge in [0.1, 0.15) is 5.60 Å². The van der Waals surface area contributed by atoms with E-state index < -0.39 is 23.8 Å². The van der Waals surface area contributed by atoms with Crippen LogP contribution in [0.25, 0.3) is 0 Å². The molecule has 0 fully saturated rings. The van der Waals surface area contributed by atoms with Gasteiger partial charge in [0.15, 0.2) is 0 Å². The molecule has 0 spiro atoms. The maximum absolute atomic E-state index is 11.8. The van der Waals surface area contributed by atoms with Gasteiger partial charge in [-0.05, 0) is 33.6 Å². The monoisotopic (exact) mass is 261 g/mol. The fourth-order valence-corrected chi connectivity index (χ4v) is 1.10. The predicted molar refractivity (Wildman–Crippen MR) is 66.1 cm³/mol. The Labute approximate surface area is 108 Å². The molecule has 0 bridgehead atoms. The third-order valence-corrected chi connectivity index (χ3v) is 1.90. The summed E-state index contributed by atoms with van der Waals surface area (Å²) in [6.07, 6.45) is -0.981. The van der Waals surface area contributed by atoms with Crippen LogP contribution >= 0.6 is 0 Å². The van der Waals surface area contributed by atoms with E-state index in [2.05, 4.69) is 0 Å². The van der Waals surface area contributed by atoms with Crippen molar-refractivity contribution < 1.29 is 24.2 Å². The molecule has 0 aromatic carbocycles. The molecule has 0 aromatic heterocycles. The van der Waals surface area contributed by atoms with Crippen LogP contribution in [0.4, 0.5) is 4.79 Å². The van der Waals surface area contributed by atoms with Crippen molar-refractivity contribution in [1.29, 1.82) is 0 Å². The zero-order chi connectivity index (χ0) is 14.3. The van der Waals surface area contributed by atoms with Gasteiger partial charge in [-0.25, -0.2) is 9.59 Å². The van der Waals surface area contributed by atoms with Gasteiger partial charge in [-0.15, -0.1) is 0 Å². The van der Waals surface area contributed by atoms with Crippen LogP contribution in [0.3, 0.4) is 0 Å². The molecule has 0 radical (unpaired) electrons. The molecule has 0 aromatic rings. The van der Waals surface area contributed by atoms with Crippen LogP contribution < -0.4 is 0 Å². The van der Waals surface area contributed by atoms with E-state index in [0.29, 0.717) is 6.42 Å². The first-order chi connectivity index (χ1) is 8.17. The lowest BCUT2D eigenvalue weighted by Crippen LogP contribution is -2.37. The average molecular weight is 261 g/mol. The second-order valence-corrected chi connectivity index (χ2v) is 5.17. The molecular formula is C12H23NO5. The molecule has 1 N–H and O–H groups in total. The first kappa shape index (κ1) is 16.7. The van der Waals surface area contributed by atoms with Crippen molar-refractivity contribution in [2.45, 2.75) is 45.3 Å².